The number of nitrogens with zero attached hydrogens (tertiary/aromatic N) is 3. The predicted molar refractivity (Wildman–Crippen MR) is 84.0 cm³/mol. The van der Waals surface area contributed by atoms with Crippen LogP contribution in [-0.4, -0.2) is 35.3 Å². The first-order valence-electron chi connectivity index (χ1n) is 6.51. The van der Waals surface area contributed by atoms with E-state index in [2.05, 4.69) is 15.3 Å². The van der Waals surface area contributed by atoms with Gasteiger partial charge in [-0.05, 0) is 24.4 Å². The summed E-state index contributed by atoms with van der Waals surface area (Å²) in [7, 11) is 3.19. The van der Waals surface area contributed by atoms with Crippen LogP contribution in [0.1, 0.15) is 31.2 Å². The third-order valence-corrected chi connectivity index (χ3v) is 3.20. The van der Waals surface area contributed by atoms with E-state index < -0.39 is 0 Å². The van der Waals surface area contributed by atoms with Crippen LogP contribution < -0.4 is 9.47 Å². The lowest BCUT2D eigenvalue weighted by Crippen LogP contribution is -2.02. The Morgan fingerprint density at radius 3 is 2.71 bits per heavy atom. The summed E-state index contributed by atoms with van der Waals surface area (Å²) in [5.74, 6) is 2.27. The molecule has 1 N–H and O–H groups in total. The molecule has 1 aromatic carbocycles. The molecule has 0 bridgehead atoms. The number of H-pyrrole nitrogens is 1. The monoisotopic (exact) mass is 306 g/mol. The molecule has 0 amide bonds. The maximum Gasteiger partial charge on any atom is 0.216 e. The molecule has 0 aliphatic heterocycles. The molecular formula is C14H18N4O2S. The molecule has 0 aliphatic rings. The van der Waals surface area contributed by atoms with E-state index in [1.807, 2.05) is 32.0 Å². The van der Waals surface area contributed by atoms with Gasteiger partial charge in [-0.2, -0.15) is 14.9 Å². The van der Waals surface area contributed by atoms with Gasteiger partial charge in [0.2, 0.25) is 4.77 Å². The van der Waals surface area contributed by atoms with Gasteiger partial charge in [0.05, 0.1) is 20.4 Å². The number of nitrogens with one attached hydrogen (secondary N) is 1. The Bertz CT molecular complexity index is 703. The average Bonchev–Trinajstić information content (AvgIpc) is 2.85. The molecule has 1 heterocycles. The second kappa shape index (κ2) is 6.53. The molecule has 0 aliphatic carbocycles. The van der Waals surface area contributed by atoms with E-state index in [1.165, 1.54) is 0 Å². The third kappa shape index (κ3) is 3.13. The summed E-state index contributed by atoms with van der Waals surface area (Å²) < 4.78 is 12.7. The highest BCUT2D eigenvalue weighted by molar-refractivity contribution is 7.71. The summed E-state index contributed by atoms with van der Waals surface area (Å²) in [6, 6.07) is 5.60. The van der Waals surface area contributed by atoms with E-state index in [9.17, 15) is 0 Å². The number of hydrogen-bond donors (Lipinski definition) is 1. The lowest BCUT2D eigenvalue weighted by molar-refractivity contribution is 0.354. The van der Waals surface area contributed by atoms with E-state index >= 15 is 0 Å². The quantitative estimate of drug-likeness (QED) is 0.681. The number of benzene rings is 1. The summed E-state index contributed by atoms with van der Waals surface area (Å²) >= 11 is 5.19. The second-order valence-electron chi connectivity index (χ2n) is 4.68. The van der Waals surface area contributed by atoms with Crippen LogP contribution in [-0.2, 0) is 0 Å². The summed E-state index contributed by atoms with van der Waals surface area (Å²) in [6.07, 6.45) is 1.68. The minimum absolute atomic E-state index is 0.210. The number of ether oxygens (including phenoxy) is 2. The van der Waals surface area contributed by atoms with Gasteiger partial charge in [-0.3, -0.25) is 5.10 Å². The van der Waals surface area contributed by atoms with Crippen LogP contribution in [0.25, 0.3) is 0 Å². The fraction of sp³-hybridized carbons (Fsp3) is 0.357. The SMILES string of the molecule is COc1cccc(C=Nn2c(C(C)C)n[nH]c2=S)c1OC. The first kappa shape index (κ1) is 15.2. The van der Waals surface area contributed by atoms with E-state index in [-0.39, 0.29) is 5.92 Å². The smallest absolute Gasteiger partial charge is 0.216 e. The van der Waals surface area contributed by atoms with E-state index in [0.717, 1.165) is 11.4 Å². The molecule has 0 radical (unpaired) electrons. The molecule has 7 heteroatoms. The minimum atomic E-state index is 0.210. The van der Waals surface area contributed by atoms with Crippen LogP contribution in [0.3, 0.4) is 0 Å². The largest absolute Gasteiger partial charge is 0.493 e. The van der Waals surface area contributed by atoms with Gasteiger partial charge in [0.1, 0.15) is 0 Å². The van der Waals surface area contributed by atoms with Crippen molar-refractivity contribution < 1.29 is 9.47 Å². The summed E-state index contributed by atoms with van der Waals surface area (Å²) in [4.78, 5) is 0. The number of hydrogen-bond acceptors (Lipinski definition) is 5. The zero-order valence-corrected chi connectivity index (χ0v) is 13.3. The molecular weight excluding hydrogens is 288 g/mol. The Balaban J connectivity index is 2.43. The summed E-state index contributed by atoms with van der Waals surface area (Å²) in [5.41, 5.74) is 0.801. The highest BCUT2D eigenvalue weighted by Crippen LogP contribution is 2.29. The molecule has 6 nitrogen and oxygen atoms in total. The molecule has 0 spiro atoms. The highest BCUT2D eigenvalue weighted by atomic mass is 32.1. The van der Waals surface area contributed by atoms with Gasteiger partial charge in [0, 0.05) is 11.5 Å². The minimum Gasteiger partial charge on any atom is -0.493 e. The molecule has 0 fully saturated rings. The Labute approximate surface area is 128 Å². The Morgan fingerprint density at radius 2 is 2.10 bits per heavy atom. The van der Waals surface area contributed by atoms with Gasteiger partial charge in [-0.25, -0.2) is 0 Å². The normalized spacial score (nSPS) is 11.3. The van der Waals surface area contributed by atoms with Crippen molar-refractivity contribution in [2.75, 3.05) is 14.2 Å². The van der Waals surface area contributed by atoms with E-state index in [0.29, 0.717) is 16.3 Å². The van der Waals surface area contributed by atoms with Gasteiger partial charge < -0.3 is 9.47 Å². The molecule has 112 valence electrons. The van der Waals surface area contributed by atoms with Crippen LogP contribution in [0.5, 0.6) is 11.5 Å². The standard InChI is InChI=1S/C14H18N4O2S/c1-9(2)13-16-17-14(21)18(13)15-8-10-6-5-7-11(19-3)12(10)20-4/h5-9H,1-4H3,(H,17,21). The number of rotatable bonds is 5. The number of para-hydroxylation sites is 1. The zero-order chi connectivity index (χ0) is 15.4. The van der Waals surface area contributed by atoms with Gasteiger partial charge in [0.25, 0.3) is 0 Å². The van der Waals surface area contributed by atoms with Crippen molar-refractivity contribution in [3.63, 3.8) is 0 Å². The van der Waals surface area contributed by atoms with Crippen LogP contribution in [0.2, 0.25) is 0 Å². The Morgan fingerprint density at radius 1 is 1.33 bits per heavy atom. The van der Waals surface area contributed by atoms with Crippen molar-refractivity contribution in [2.45, 2.75) is 19.8 Å². The van der Waals surface area contributed by atoms with Crippen LogP contribution in [0.4, 0.5) is 0 Å². The number of aromatic nitrogens is 3. The van der Waals surface area contributed by atoms with E-state index in [4.69, 9.17) is 21.7 Å². The van der Waals surface area contributed by atoms with Crippen molar-refractivity contribution in [1.82, 2.24) is 14.9 Å². The van der Waals surface area contributed by atoms with Gasteiger partial charge in [-0.15, -0.1) is 0 Å². The van der Waals surface area contributed by atoms with Crippen molar-refractivity contribution >= 4 is 18.4 Å². The first-order chi connectivity index (χ1) is 10.1. The highest BCUT2D eigenvalue weighted by Gasteiger charge is 2.10. The second-order valence-corrected chi connectivity index (χ2v) is 5.07. The predicted octanol–water partition coefficient (Wildman–Crippen LogP) is 2.96. The van der Waals surface area contributed by atoms with Crippen LogP contribution in [0, 0.1) is 4.77 Å². The van der Waals surface area contributed by atoms with Gasteiger partial charge in [-0.1, -0.05) is 19.9 Å². The van der Waals surface area contributed by atoms with Crippen molar-refractivity contribution in [3.8, 4) is 11.5 Å². The van der Waals surface area contributed by atoms with Crippen molar-refractivity contribution in [3.05, 3.63) is 34.4 Å². The molecule has 2 rings (SSSR count). The molecule has 0 saturated carbocycles. The zero-order valence-electron chi connectivity index (χ0n) is 12.5. The molecule has 21 heavy (non-hydrogen) atoms. The van der Waals surface area contributed by atoms with E-state index in [1.54, 1.807) is 25.1 Å². The third-order valence-electron chi connectivity index (χ3n) is 2.94. The molecule has 0 atom stereocenters. The molecule has 2 aromatic rings. The molecule has 0 unspecified atom stereocenters. The molecule has 0 saturated heterocycles. The fourth-order valence-corrected chi connectivity index (χ4v) is 2.11. The Hall–Kier alpha value is -2.15. The van der Waals surface area contributed by atoms with Gasteiger partial charge in [0.15, 0.2) is 17.3 Å². The lowest BCUT2D eigenvalue weighted by Gasteiger charge is -2.09. The first-order valence-corrected chi connectivity index (χ1v) is 6.92. The maximum absolute atomic E-state index is 5.37. The van der Waals surface area contributed by atoms with Crippen molar-refractivity contribution in [2.24, 2.45) is 5.10 Å². The van der Waals surface area contributed by atoms with Gasteiger partial charge >= 0.3 is 0 Å². The van der Waals surface area contributed by atoms with Crippen LogP contribution in [0.15, 0.2) is 23.3 Å². The average molecular weight is 306 g/mol. The number of methoxy groups -OCH3 is 2. The number of aromatic amines is 1. The molecule has 1 aromatic heterocycles. The van der Waals surface area contributed by atoms with Crippen LogP contribution >= 0.6 is 12.2 Å². The van der Waals surface area contributed by atoms with Crippen molar-refractivity contribution in [1.29, 1.82) is 0 Å². The Kier molecular flexibility index (Phi) is 4.74. The summed E-state index contributed by atoms with van der Waals surface area (Å²) in [6.45, 7) is 4.06. The summed E-state index contributed by atoms with van der Waals surface area (Å²) in [5, 5.41) is 11.3. The maximum atomic E-state index is 5.37. The lowest BCUT2D eigenvalue weighted by atomic mass is 10.2. The fourth-order valence-electron chi connectivity index (χ4n) is 1.92. The topological polar surface area (TPSA) is 64.4 Å².